The molecule has 1 aromatic heterocycles. The van der Waals surface area contributed by atoms with Crippen molar-refractivity contribution in [2.75, 3.05) is 38.2 Å². The van der Waals surface area contributed by atoms with E-state index in [1.165, 1.54) is 0 Å². The Morgan fingerprint density at radius 1 is 1.45 bits per heavy atom. The first kappa shape index (κ1) is 14.8. The molecule has 0 saturated carbocycles. The largest absolute Gasteiger partial charge is 0.462 e. The Bertz CT molecular complexity index is 447. The van der Waals surface area contributed by atoms with Gasteiger partial charge in [-0.1, -0.05) is 0 Å². The second-order valence-corrected chi connectivity index (χ2v) is 5.28. The molecule has 110 valence electrons. The summed E-state index contributed by atoms with van der Waals surface area (Å²) in [6, 6.07) is 4.12. The number of carbonyl (C=O) groups is 1. The van der Waals surface area contributed by atoms with Crippen LogP contribution in [0.3, 0.4) is 0 Å². The SMILES string of the molecule is CCOC(=O)c1ccc(N2CCCN(C)CC2C)nc1. The number of pyridine rings is 1. The molecule has 1 saturated heterocycles. The van der Waals surface area contributed by atoms with Gasteiger partial charge in [0, 0.05) is 25.3 Å². The highest BCUT2D eigenvalue weighted by molar-refractivity contribution is 5.89. The number of likely N-dealkylation sites (N-methyl/N-ethyl adjacent to an activating group) is 1. The Kier molecular flexibility index (Phi) is 4.95. The van der Waals surface area contributed by atoms with E-state index >= 15 is 0 Å². The van der Waals surface area contributed by atoms with E-state index in [4.69, 9.17) is 4.74 Å². The first-order valence-electron chi connectivity index (χ1n) is 7.20. The Morgan fingerprint density at radius 3 is 2.90 bits per heavy atom. The number of rotatable bonds is 3. The average molecular weight is 277 g/mol. The summed E-state index contributed by atoms with van der Waals surface area (Å²) in [5.74, 6) is 0.621. The van der Waals surface area contributed by atoms with Crippen LogP contribution in [0.1, 0.15) is 30.6 Å². The standard InChI is InChI=1S/C15H23N3O2/c1-4-20-15(19)13-6-7-14(16-10-13)18-9-5-8-17(3)11-12(18)2/h6-7,10,12H,4-5,8-9,11H2,1-3H3. The molecule has 5 nitrogen and oxygen atoms in total. The monoisotopic (exact) mass is 277 g/mol. The van der Waals surface area contributed by atoms with Crippen LogP contribution < -0.4 is 4.90 Å². The van der Waals surface area contributed by atoms with Gasteiger partial charge in [-0.15, -0.1) is 0 Å². The van der Waals surface area contributed by atoms with E-state index in [0.29, 0.717) is 18.2 Å². The zero-order valence-corrected chi connectivity index (χ0v) is 12.5. The lowest BCUT2D eigenvalue weighted by Crippen LogP contribution is -2.38. The van der Waals surface area contributed by atoms with Crippen molar-refractivity contribution >= 4 is 11.8 Å². The van der Waals surface area contributed by atoms with Crippen molar-refractivity contribution in [1.82, 2.24) is 9.88 Å². The normalized spacial score (nSPS) is 20.6. The van der Waals surface area contributed by atoms with Gasteiger partial charge >= 0.3 is 5.97 Å². The van der Waals surface area contributed by atoms with Gasteiger partial charge in [0.15, 0.2) is 0 Å². The number of ether oxygens (including phenoxy) is 1. The number of hydrogen-bond donors (Lipinski definition) is 0. The minimum absolute atomic E-state index is 0.310. The van der Waals surface area contributed by atoms with E-state index in [9.17, 15) is 4.79 Å². The number of nitrogens with zero attached hydrogens (tertiary/aromatic N) is 3. The summed E-state index contributed by atoms with van der Waals surface area (Å²) in [5, 5.41) is 0. The quantitative estimate of drug-likeness (QED) is 0.788. The smallest absolute Gasteiger partial charge is 0.339 e. The van der Waals surface area contributed by atoms with Crippen molar-refractivity contribution in [2.24, 2.45) is 0 Å². The van der Waals surface area contributed by atoms with Crippen LogP contribution in [-0.4, -0.2) is 55.2 Å². The molecule has 0 radical (unpaired) electrons. The summed E-state index contributed by atoms with van der Waals surface area (Å²) < 4.78 is 4.97. The molecule has 1 atom stereocenters. The molecule has 5 heteroatoms. The first-order valence-corrected chi connectivity index (χ1v) is 7.20. The van der Waals surface area contributed by atoms with Crippen molar-refractivity contribution < 1.29 is 9.53 Å². The fraction of sp³-hybridized carbons (Fsp3) is 0.600. The van der Waals surface area contributed by atoms with Gasteiger partial charge in [0.2, 0.25) is 0 Å². The Labute approximate surface area is 120 Å². The third kappa shape index (κ3) is 3.48. The lowest BCUT2D eigenvalue weighted by molar-refractivity contribution is 0.0526. The average Bonchev–Trinajstić information content (AvgIpc) is 2.60. The van der Waals surface area contributed by atoms with Crippen LogP contribution in [0, 0.1) is 0 Å². The molecule has 2 heterocycles. The van der Waals surface area contributed by atoms with Crippen LogP contribution >= 0.6 is 0 Å². The van der Waals surface area contributed by atoms with Crippen LogP contribution in [0.15, 0.2) is 18.3 Å². The van der Waals surface area contributed by atoms with E-state index in [-0.39, 0.29) is 5.97 Å². The summed E-state index contributed by atoms with van der Waals surface area (Å²) in [4.78, 5) is 20.7. The highest BCUT2D eigenvalue weighted by atomic mass is 16.5. The Morgan fingerprint density at radius 2 is 2.25 bits per heavy atom. The minimum Gasteiger partial charge on any atom is -0.462 e. The van der Waals surface area contributed by atoms with Crippen molar-refractivity contribution in [3.63, 3.8) is 0 Å². The van der Waals surface area contributed by atoms with E-state index < -0.39 is 0 Å². The summed E-state index contributed by atoms with van der Waals surface area (Å²) >= 11 is 0. The summed E-state index contributed by atoms with van der Waals surface area (Å²) in [7, 11) is 2.15. The number of esters is 1. The van der Waals surface area contributed by atoms with Gasteiger partial charge in [0.25, 0.3) is 0 Å². The summed E-state index contributed by atoms with van der Waals surface area (Å²) in [6.45, 7) is 7.54. The first-order chi connectivity index (χ1) is 9.61. The molecule has 2 rings (SSSR count). The van der Waals surface area contributed by atoms with Crippen molar-refractivity contribution in [2.45, 2.75) is 26.3 Å². The molecule has 1 fully saturated rings. The second kappa shape index (κ2) is 6.70. The second-order valence-electron chi connectivity index (χ2n) is 5.28. The van der Waals surface area contributed by atoms with Crippen LogP contribution in [0.5, 0.6) is 0 Å². The van der Waals surface area contributed by atoms with Gasteiger partial charge in [-0.2, -0.15) is 0 Å². The van der Waals surface area contributed by atoms with Crippen LogP contribution in [0.4, 0.5) is 5.82 Å². The van der Waals surface area contributed by atoms with Crippen molar-refractivity contribution in [3.8, 4) is 0 Å². The molecule has 0 aromatic carbocycles. The molecule has 0 N–H and O–H groups in total. The van der Waals surface area contributed by atoms with Gasteiger partial charge in [-0.3, -0.25) is 0 Å². The highest BCUT2D eigenvalue weighted by Crippen LogP contribution is 2.18. The maximum Gasteiger partial charge on any atom is 0.339 e. The van der Waals surface area contributed by atoms with E-state index in [1.54, 1.807) is 19.2 Å². The molecular weight excluding hydrogens is 254 g/mol. The summed E-state index contributed by atoms with van der Waals surface area (Å²) in [5.41, 5.74) is 0.509. The molecule has 0 amide bonds. The van der Waals surface area contributed by atoms with Crippen LogP contribution in [0.2, 0.25) is 0 Å². The third-order valence-electron chi connectivity index (χ3n) is 3.60. The molecule has 1 aromatic rings. The van der Waals surface area contributed by atoms with Gasteiger partial charge in [0.1, 0.15) is 5.82 Å². The van der Waals surface area contributed by atoms with Gasteiger partial charge in [0.05, 0.1) is 12.2 Å². The Balaban J connectivity index is 2.10. The zero-order valence-electron chi connectivity index (χ0n) is 12.5. The van der Waals surface area contributed by atoms with Gasteiger partial charge in [-0.05, 0) is 46.0 Å². The molecule has 0 bridgehead atoms. The molecule has 1 aliphatic heterocycles. The van der Waals surface area contributed by atoms with Crippen LogP contribution in [0.25, 0.3) is 0 Å². The van der Waals surface area contributed by atoms with Gasteiger partial charge in [-0.25, -0.2) is 9.78 Å². The number of anilines is 1. The van der Waals surface area contributed by atoms with E-state index in [2.05, 4.69) is 28.8 Å². The number of aromatic nitrogens is 1. The maximum atomic E-state index is 11.6. The molecular formula is C15H23N3O2. The molecule has 1 unspecified atom stereocenters. The number of carbonyl (C=O) groups excluding carboxylic acids is 1. The van der Waals surface area contributed by atoms with Gasteiger partial charge < -0.3 is 14.5 Å². The minimum atomic E-state index is -0.310. The zero-order chi connectivity index (χ0) is 14.5. The third-order valence-corrected chi connectivity index (χ3v) is 3.60. The van der Waals surface area contributed by atoms with E-state index in [1.807, 2.05) is 6.07 Å². The highest BCUT2D eigenvalue weighted by Gasteiger charge is 2.21. The predicted molar refractivity (Wildman–Crippen MR) is 79.1 cm³/mol. The fourth-order valence-corrected chi connectivity index (χ4v) is 2.60. The summed E-state index contributed by atoms with van der Waals surface area (Å²) in [6.07, 6.45) is 2.73. The molecule has 20 heavy (non-hydrogen) atoms. The predicted octanol–water partition coefficient (Wildman–Crippen LogP) is 1.79. The van der Waals surface area contributed by atoms with Crippen LogP contribution in [-0.2, 0) is 4.74 Å². The Hall–Kier alpha value is -1.62. The molecule has 0 spiro atoms. The van der Waals surface area contributed by atoms with E-state index in [0.717, 1.165) is 31.9 Å². The number of hydrogen-bond acceptors (Lipinski definition) is 5. The van der Waals surface area contributed by atoms with Crippen molar-refractivity contribution in [3.05, 3.63) is 23.9 Å². The topological polar surface area (TPSA) is 45.7 Å². The lowest BCUT2D eigenvalue weighted by atomic mass is 10.2. The molecule has 1 aliphatic rings. The maximum absolute atomic E-state index is 11.6. The van der Waals surface area contributed by atoms with Crippen molar-refractivity contribution in [1.29, 1.82) is 0 Å². The molecule has 0 aliphatic carbocycles. The fourth-order valence-electron chi connectivity index (χ4n) is 2.60. The lowest BCUT2D eigenvalue weighted by Gasteiger charge is -2.29.